The first-order valence-electron chi connectivity index (χ1n) is 7.42. The average Bonchev–Trinajstić information content (AvgIpc) is 2.91. The Balaban J connectivity index is 1.96. The maximum absolute atomic E-state index is 10.6. The van der Waals surface area contributed by atoms with Crippen LogP contribution in [0, 0.1) is 6.92 Å². The van der Waals surface area contributed by atoms with Crippen molar-refractivity contribution in [2.24, 2.45) is 0 Å². The van der Waals surface area contributed by atoms with E-state index >= 15 is 0 Å². The van der Waals surface area contributed by atoms with Crippen LogP contribution in [0.4, 0.5) is 0 Å². The van der Waals surface area contributed by atoms with Crippen LogP contribution in [-0.2, 0) is 5.60 Å². The molecule has 1 aromatic carbocycles. The van der Waals surface area contributed by atoms with Crippen molar-refractivity contribution in [1.29, 1.82) is 0 Å². The van der Waals surface area contributed by atoms with Crippen molar-refractivity contribution in [3.8, 4) is 0 Å². The topological polar surface area (TPSA) is 50.1 Å². The van der Waals surface area contributed by atoms with Crippen LogP contribution in [0.1, 0.15) is 37.9 Å². The highest BCUT2D eigenvalue weighted by atomic mass is 16.3. The summed E-state index contributed by atoms with van der Waals surface area (Å²) in [5, 5.41) is 18.4. The lowest BCUT2D eigenvalue weighted by molar-refractivity contribution is 0.0524. The van der Waals surface area contributed by atoms with Crippen molar-refractivity contribution in [3.63, 3.8) is 0 Å². The summed E-state index contributed by atoms with van der Waals surface area (Å²) in [7, 11) is 0. The monoisotopic (exact) mass is 287 g/mol. The fraction of sp³-hybridized carbons (Fsp3) is 0.471. The number of aryl methyl sites for hydroxylation is 1. The van der Waals surface area contributed by atoms with E-state index < -0.39 is 5.60 Å². The minimum atomic E-state index is -0.880. The number of hydrogen-bond donors (Lipinski definition) is 2. The van der Waals surface area contributed by atoms with Crippen molar-refractivity contribution >= 4 is 0 Å². The number of rotatable bonds is 6. The Morgan fingerprint density at radius 1 is 1.29 bits per heavy atom. The number of nitrogens with zero attached hydrogens (tertiary/aromatic N) is 2. The third kappa shape index (κ3) is 3.93. The van der Waals surface area contributed by atoms with Crippen molar-refractivity contribution < 1.29 is 5.11 Å². The molecule has 3 atom stereocenters. The van der Waals surface area contributed by atoms with E-state index in [9.17, 15) is 5.11 Å². The Hall–Kier alpha value is -1.65. The lowest BCUT2D eigenvalue weighted by Gasteiger charge is -2.29. The normalized spacial score (nSPS) is 17.2. The number of aliphatic hydroxyl groups is 1. The molecule has 4 heteroatoms. The molecule has 0 spiro atoms. The van der Waals surface area contributed by atoms with E-state index in [1.807, 2.05) is 61.3 Å². The summed E-state index contributed by atoms with van der Waals surface area (Å²) in [5.41, 5.74) is 1.20. The average molecular weight is 287 g/mol. The zero-order chi connectivity index (χ0) is 15.5. The second-order valence-electron chi connectivity index (χ2n) is 6.05. The molecule has 1 heterocycles. The summed E-state index contributed by atoms with van der Waals surface area (Å²) < 4.78 is 1.96. The molecule has 0 aliphatic rings. The minimum absolute atomic E-state index is 0.208. The van der Waals surface area contributed by atoms with Crippen LogP contribution in [0.3, 0.4) is 0 Å². The van der Waals surface area contributed by atoms with Crippen molar-refractivity contribution in [1.82, 2.24) is 15.1 Å². The third-order valence-electron chi connectivity index (χ3n) is 4.04. The highest BCUT2D eigenvalue weighted by Crippen LogP contribution is 2.20. The van der Waals surface area contributed by atoms with E-state index in [2.05, 4.69) is 24.3 Å². The largest absolute Gasteiger partial charge is 0.384 e. The van der Waals surface area contributed by atoms with Crippen LogP contribution in [0.5, 0.6) is 0 Å². The molecule has 4 nitrogen and oxygen atoms in total. The summed E-state index contributed by atoms with van der Waals surface area (Å²) in [5.74, 6) is 0. The van der Waals surface area contributed by atoms with Crippen molar-refractivity contribution in [3.05, 3.63) is 53.9 Å². The molecule has 0 radical (unpaired) electrons. The number of hydrogen-bond acceptors (Lipinski definition) is 3. The van der Waals surface area contributed by atoms with Gasteiger partial charge in [-0.15, -0.1) is 0 Å². The van der Waals surface area contributed by atoms with E-state index in [1.165, 1.54) is 0 Å². The molecule has 0 aliphatic heterocycles. The summed E-state index contributed by atoms with van der Waals surface area (Å²) in [6.45, 7) is 8.62. The lowest BCUT2D eigenvalue weighted by atomic mass is 9.95. The molecule has 0 aliphatic carbocycles. The molecule has 0 amide bonds. The quantitative estimate of drug-likeness (QED) is 0.858. The van der Waals surface area contributed by atoms with Crippen LogP contribution in [0.25, 0.3) is 0 Å². The first kappa shape index (κ1) is 15.7. The number of aromatic nitrogens is 2. The van der Waals surface area contributed by atoms with Crippen LogP contribution in [0.2, 0.25) is 0 Å². The Labute approximate surface area is 126 Å². The van der Waals surface area contributed by atoms with Gasteiger partial charge in [0.2, 0.25) is 0 Å². The zero-order valence-corrected chi connectivity index (χ0v) is 13.2. The van der Waals surface area contributed by atoms with E-state index in [-0.39, 0.29) is 12.1 Å². The first-order valence-corrected chi connectivity index (χ1v) is 7.42. The van der Waals surface area contributed by atoms with Gasteiger partial charge in [0.05, 0.1) is 17.8 Å². The highest BCUT2D eigenvalue weighted by Gasteiger charge is 2.24. The Morgan fingerprint density at radius 3 is 2.52 bits per heavy atom. The molecule has 1 aromatic heterocycles. The molecule has 0 unspecified atom stereocenters. The summed E-state index contributed by atoms with van der Waals surface area (Å²) in [6, 6.07) is 10.2. The van der Waals surface area contributed by atoms with Gasteiger partial charge in [-0.05, 0) is 38.8 Å². The molecule has 0 bridgehead atoms. The predicted molar refractivity (Wildman–Crippen MR) is 85.2 cm³/mol. The Morgan fingerprint density at radius 2 is 1.95 bits per heavy atom. The lowest BCUT2D eigenvalue weighted by Crippen LogP contribution is -2.42. The van der Waals surface area contributed by atoms with Gasteiger partial charge in [-0.3, -0.25) is 4.68 Å². The molecule has 0 saturated carbocycles. The van der Waals surface area contributed by atoms with Gasteiger partial charge >= 0.3 is 0 Å². The molecule has 0 fully saturated rings. The number of nitrogens with one attached hydrogen (secondary N) is 1. The van der Waals surface area contributed by atoms with Crippen molar-refractivity contribution in [2.75, 3.05) is 6.54 Å². The van der Waals surface area contributed by atoms with Gasteiger partial charge in [0.1, 0.15) is 0 Å². The smallest absolute Gasteiger partial charge is 0.0992 e. The molecular formula is C17H25N3O. The van der Waals surface area contributed by atoms with Crippen LogP contribution < -0.4 is 5.32 Å². The molecular weight excluding hydrogens is 262 g/mol. The van der Waals surface area contributed by atoms with Gasteiger partial charge in [-0.1, -0.05) is 30.3 Å². The summed E-state index contributed by atoms with van der Waals surface area (Å²) in [6.07, 6.45) is 3.90. The molecule has 2 rings (SSSR count). The fourth-order valence-electron chi connectivity index (χ4n) is 2.31. The number of benzene rings is 1. The SMILES string of the molecule is Cc1cnn([C@H](C)[C@@H](C)NC[C@](C)(O)c2ccccc2)c1. The maximum Gasteiger partial charge on any atom is 0.0992 e. The highest BCUT2D eigenvalue weighted by molar-refractivity contribution is 5.21. The van der Waals surface area contributed by atoms with E-state index in [0.29, 0.717) is 6.54 Å². The van der Waals surface area contributed by atoms with Crippen LogP contribution >= 0.6 is 0 Å². The molecule has 2 aromatic rings. The molecule has 21 heavy (non-hydrogen) atoms. The molecule has 0 saturated heterocycles. The summed E-state index contributed by atoms with van der Waals surface area (Å²) in [4.78, 5) is 0. The van der Waals surface area contributed by atoms with E-state index in [4.69, 9.17) is 0 Å². The van der Waals surface area contributed by atoms with Crippen molar-refractivity contribution in [2.45, 2.75) is 45.4 Å². The van der Waals surface area contributed by atoms with Gasteiger partial charge in [-0.25, -0.2) is 0 Å². The second-order valence-corrected chi connectivity index (χ2v) is 6.05. The van der Waals surface area contributed by atoms with E-state index in [0.717, 1.165) is 11.1 Å². The van der Waals surface area contributed by atoms with Crippen LogP contribution in [0.15, 0.2) is 42.7 Å². The zero-order valence-electron chi connectivity index (χ0n) is 13.2. The van der Waals surface area contributed by atoms with Crippen LogP contribution in [-0.4, -0.2) is 27.5 Å². The standard InChI is InChI=1S/C17H25N3O/c1-13-10-19-20(11-13)15(3)14(2)18-12-17(4,21)16-8-6-5-7-9-16/h5-11,14-15,18,21H,12H2,1-4H3/t14-,15-,17+/m1/s1. The fourth-order valence-corrected chi connectivity index (χ4v) is 2.31. The van der Waals surface area contributed by atoms with Gasteiger partial charge in [-0.2, -0.15) is 5.10 Å². The molecule has 114 valence electrons. The Bertz CT molecular complexity index is 562. The third-order valence-corrected chi connectivity index (χ3v) is 4.04. The summed E-state index contributed by atoms with van der Waals surface area (Å²) >= 11 is 0. The maximum atomic E-state index is 10.6. The molecule has 2 N–H and O–H groups in total. The van der Waals surface area contributed by atoms with Gasteiger partial charge < -0.3 is 10.4 Å². The van der Waals surface area contributed by atoms with Gasteiger partial charge in [0, 0.05) is 18.8 Å². The predicted octanol–water partition coefficient (Wildman–Crippen LogP) is 2.64. The van der Waals surface area contributed by atoms with E-state index in [1.54, 1.807) is 0 Å². The van der Waals surface area contributed by atoms with Gasteiger partial charge in [0.15, 0.2) is 0 Å². The Kier molecular flexibility index (Phi) is 4.80. The second kappa shape index (κ2) is 6.41. The first-order chi connectivity index (χ1) is 9.90. The van der Waals surface area contributed by atoms with Gasteiger partial charge in [0.25, 0.3) is 0 Å². The minimum Gasteiger partial charge on any atom is -0.384 e.